The lowest BCUT2D eigenvalue weighted by Gasteiger charge is -2.20. The molecule has 20 heavy (non-hydrogen) atoms. The van der Waals surface area contributed by atoms with Crippen molar-refractivity contribution >= 4 is 33.2 Å². The van der Waals surface area contributed by atoms with Gasteiger partial charge < -0.3 is 5.73 Å². The third-order valence-corrected chi connectivity index (χ3v) is 5.41. The Hall–Kier alpha value is -0.850. The molecule has 1 aromatic carbocycles. The Morgan fingerprint density at radius 2 is 1.75 bits per heavy atom. The molecule has 0 unspecified atom stereocenters. The van der Waals surface area contributed by atoms with E-state index in [1.807, 2.05) is 0 Å². The highest BCUT2D eigenvalue weighted by molar-refractivity contribution is 7.89. The zero-order valence-electron chi connectivity index (χ0n) is 10.9. The number of rotatable bonds is 7. The molecule has 0 spiro atoms. The van der Waals surface area contributed by atoms with Crippen LogP contribution in [-0.2, 0) is 16.6 Å². The zero-order valence-corrected chi connectivity index (χ0v) is 13.2. The number of hydrogen-bond acceptors (Lipinski definition) is 3. The van der Waals surface area contributed by atoms with Crippen LogP contribution in [0.2, 0.25) is 10.0 Å². The Balaban J connectivity index is 3.41. The van der Waals surface area contributed by atoms with Crippen molar-refractivity contribution in [3.8, 4) is 0 Å². The number of hydrogen-bond donors (Lipinski definition) is 1. The molecule has 1 aromatic rings. The summed E-state index contributed by atoms with van der Waals surface area (Å²) >= 11 is 12.1. The lowest BCUT2D eigenvalue weighted by molar-refractivity contribution is 0.474. The SMILES string of the molecule is C=CCN(CC=C)S(=O)(=O)c1ccc(Cl)c(CN)c1Cl. The van der Waals surface area contributed by atoms with Gasteiger partial charge in [-0.15, -0.1) is 13.2 Å². The fourth-order valence-electron chi connectivity index (χ4n) is 1.66. The van der Waals surface area contributed by atoms with E-state index >= 15 is 0 Å². The minimum Gasteiger partial charge on any atom is -0.326 e. The molecule has 0 radical (unpaired) electrons. The average Bonchev–Trinajstić information content (AvgIpc) is 2.38. The number of nitrogens with two attached hydrogens (primary N) is 1. The van der Waals surface area contributed by atoms with Crippen molar-refractivity contribution in [3.05, 3.63) is 53.1 Å². The van der Waals surface area contributed by atoms with Crippen LogP contribution in [0.15, 0.2) is 42.3 Å². The van der Waals surface area contributed by atoms with Gasteiger partial charge in [0.25, 0.3) is 0 Å². The second-order valence-electron chi connectivity index (χ2n) is 3.94. The van der Waals surface area contributed by atoms with Gasteiger partial charge in [-0.25, -0.2) is 8.42 Å². The molecule has 2 N–H and O–H groups in total. The first kappa shape index (κ1) is 17.2. The van der Waals surface area contributed by atoms with E-state index in [0.29, 0.717) is 10.6 Å². The van der Waals surface area contributed by atoms with Gasteiger partial charge in [-0.2, -0.15) is 4.31 Å². The van der Waals surface area contributed by atoms with Crippen LogP contribution in [0.1, 0.15) is 5.56 Å². The summed E-state index contributed by atoms with van der Waals surface area (Å²) in [5.41, 5.74) is 5.96. The van der Waals surface area contributed by atoms with Gasteiger partial charge in [-0.05, 0) is 12.1 Å². The van der Waals surface area contributed by atoms with E-state index in [2.05, 4.69) is 13.2 Å². The minimum absolute atomic E-state index is 0.0206. The van der Waals surface area contributed by atoms with Crippen LogP contribution >= 0.6 is 23.2 Å². The third kappa shape index (κ3) is 3.42. The fraction of sp³-hybridized carbons (Fsp3) is 0.231. The van der Waals surface area contributed by atoms with E-state index < -0.39 is 10.0 Å². The molecule has 0 fully saturated rings. The van der Waals surface area contributed by atoms with Gasteiger partial charge in [0, 0.05) is 30.2 Å². The number of sulfonamides is 1. The Kier molecular flexibility index (Phi) is 6.23. The van der Waals surface area contributed by atoms with Crippen molar-refractivity contribution in [3.63, 3.8) is 0 Å². The lowest BCUT2D eigenvalue weighted by atomic mass is 10.2. The highest BCUT2D eigenvalue weighted by atomic mass is 35.5. The average molecular weight is 335 g/mol. The highest BCUT2D eigenvalue weighted by Gasteiger charge is 2.26. The van der Waals surface area contributed by atoms with Crippen LogP contribution in [0, 0.1) is 0 Å². The van der Waals surface area contributed by atoms with Crippen molar-refractivity contribution in [2.24, 2.45) is 5.73 Å². The zero-order chi connectivity index (χ0) is 15.3. The molecule has 1 rings (SSSR count). The molecule has 0 aromatic heterocycles. The molecule has 0 aliphatic rings. The van der Waals surface area contributed by atoms with E-state index in [0.717, 1.165) is 0 Å². The third-order valence-electron chi connectivity index (χ3n) is 2.64. The van der Waals surface area contributed by atoms with Crippen molar-refractivity contribution in [2.75, 3.05) is 13.1 Å². The maximum absolute atomic E-state index is 12.6. The smallest absolute Gasteiger partial charge is 0.245 e. The van der Waals surface area contributed by atoms with Gasteiger partial charge >= 0.3 is 0 Å². The van der Waals surface area contributed by atoms with Crippen molar-refractivity contribution in [1.29, 1.82) is 0 Å². The van der Waals surface area contributed by atoms with Gasteiger partial charge in [-0.1, -0.05) is 35.4 Å². The van der Waals surface area contributed by atoms with Crippen LogP contribution in [0.4, 0.5) is 0 Å². The Bertz CT molecular complexity index is 605. The van der Waals surface area contributed by atoms with E-state index in [1.54, 1.807) is 0 Å². The van der Waals surface area contributed by atoms with Gasteiger partial charge in [0.1, 0.15) is 4.90 Å². The summed E-state index contributed by atoms with van der Waals surface area (Å²) in [7, 11) is -3.76. The molecular weight excluding hydrogens is 319 g/mol. The van der Waals surface area contributed by atoms with Crippen LogP contribution in [0.3, 0.4) is 0 Å². The van der Waals surface area contributed by atoms with Crippen LogP contribution in [0.5, 0.6) is 0 Å². The second-order valence-corrected chi connectivity index (χ2v) is 6.63. The summed E-state index contributed by atoms with van der Waals surface area (Å²) in [5, 5.41) is 0.397. The van der Waals surface area contributed by atoms with Crippen LogP contribution < -0.4 is 5.73 Å². The maximum atomic E-state index is 12.6. The van der Waals surface area contributed by atoms with Crippen molar-refractivity contribution < 1.29 is 8.42 Å². The number of halogens is 2. The first-order valence-corrected chi connectivity index (χ1v) is 7.98. The Morgan fingerprint density at radius 3 is 2.20 bits per heavy atom. The standard InChI is InChI=1S/C13H16Cl2N2O2S/c1-3-7-17(8-4-2)20(18,19)12-6-5-11(14)10(9-16)13(12)15/h3-6H,1-2,7-9,16H2. The molecule has 4 nitrogen and oxygen atoms in total. The minimum atomic E-state index is -3.76. The topological polar surface area (TPSA) is 63.4 Å². The maximum Gasteiger partial charge on any atom is 0.245 e. The van der Waals surface area contributed by atoms with Crippen LogP contribution in [0.25, 0.3) is 0 Å². The van der Waals surface area contributed by atoms with Crippen LogP contribution in [-0.4, -0.2) is 25.8 Å². The quantitative estimate of drug-likeness (QED) is 0.780. The largest absolute Gasteiger partial charge is 0.326 e. The normalized spacial score (nSPS) is 11.6. The number of nitrogens with zero attached hydrogens (tertiary/aromatic N) is 1. The first-order valence-electron chi connectivity index (χ1n) is 5.79. The molecule has 0 saturated heterocycles. The highest BCUT2D eigenvalue weighted by Crippen LogP contribution is 2.32. The first-order chi connectivity index (χ1) is 9.39. The molecular formula is C13H16Cl2N2O2S. The summed E-state index contributed by atoms with van der Waals surface area (Å²) in [6.07, 6.45) is 2.99. The molecule has 0 aliphatic heterocycles. The summed E-state index contributed by atoms with van der Waals surface area (Å²) in [6.45, 7) is 7.47. The molecule has 110 valence electrons. The predicted molar refractivity (Wildman–Crippen MR) is 83.5 cm³/mol. The molecule has 0 saturated carbocycles. The summed E-state index contributed by atoms with van der Waals surface area (Å²) in [5.74, 6) is 0. The molecule has 0 amide bonds. The van der Waals surface area contributed by atoms with Gasteiger partial charge in [-0.3, -0.25) is 0 Å². The molecule has 7 heteroatoms. The van der Waals surface area contributed by atoms with E-state index in [4.69, 9.17) is 28.9 Å². The van der Waals surface area contributed by atoms with Gasteiger partial charge in [0.2, 0.25) is 10.0 Å². The fourth-order valence-corrected chi connectivity index (χ4v) is 3.95. The van der Waals surface area contributed by atoms with Crippen molar-refractivity contribution in [1.82, 2.24) is 4.31 Å². The van der Waals surface area contributed by atoms with E-state index in [1.165, 1.54) is 28.6 Å². The Labute approximate surface area is 129 Å². The summed E-state index contributed by atoms with van der Waals surface area (Å²) in [4.78, 5) is -0.0206. The van der Waals surface area contributed by atoms with Crippen molar-refractivity contribution in [2.45, 2.75) is 11.4 Å². The second kappa shape index (κ2) is 7.24. The van der Waals surface area contributed by atoms with Gasteiger partial charge in [0.15, 0.2) is 0 Å². The number of benzene rings is 1. The molecule has 0 heterocycles. The predicted octanol–water partition coefficient (Wildman–Crippen LogP) is 2.81. The Morgan fingerprint density at radius 1 is 1.20 bits per heavy atom. The lowest BCUT2D eigenvalue weighted by Crippen LogP contribution is -2.31. The molecule has 0 atom stereocenters. The van der Waals surface area contributed by atoms with Gasteiger partial charge in [0.05, 0.1) is 5.02 Å². The monoisotopic (exact) mass is 334 g/mol. The summed E-state index contributed by atoms with van der Waals surface area (Å²) in [6, 6.07) is 2.85. The van der Waals surface area contributed by atoms with E-state index in [9.17, 15) is 8.42 Å². The van der Waals surface area contributed by atoms with E-state index in [-0.39, 0.29) is 29.6 Å². The molecule has 0 aliphatic carbocycles. The molecule has 0 bridgehead atoms. The summed E-state index contributed by atoms with van der Waals surface area (Å²) < 4.78 is 26.4.